The molecular weight excluding hydrogens is 258 g/mol. The fourth-order valence-electron chi connectivity index (χ4n) is 1.91. The van der Waals surface area contributed by atoms with Gasteiger partial charge in [0.25, 0.3) is 5.91 Å². The van der Waals surface area contributed by atoms with Gasteiger partial charge in [-0.2, -0.15) is 0 Å². The second-order valence-electron chi connectivity index (χ2n) is 4.60. The minimum atomic E-state index is -0.168. The van der Waals surface area contributed by atoms with Gasteiger partial charge in [0.2, 0.25) is 0 Å². The van der Waals surface area contributed by atoms with E-state index in [0.717, 1.165) is 6.42 Å². The number of hydrogen-bond donors (Lipinski definition) is 2. The topological polar surface area (TPSA) is 67.8 Å². The number of carbonyl (C=O) groups is 1. The Hall–Kier alpha value is -1.75. The standard InChI is InChI=1S/C15H23NO4/c1-4-11(5-6-17)10-16-15(18)12-7-13(19-2)9-14(8-12)20-3/h7-9,11,17H,4-6,10H2,1-3H3,(H,16,18). The number of methoxy groups -OCH3 is 2. The van der Waals surface area contributed by atoms with Crippen molar-refractivity contribution in [1.29, 1.82) is 0 Å². The number of nitrogens with one attached hydrogen (secondary N) is 1. The highest BCUT2D eigenvalue weighted by Gasteiger charge is 2.12. The maximum absolute atomic E-state index is 12.1. The summed E-state index contributed by atoms with van der Waals surface area (Å²) in [6, 6.07) is 5.06. The maximum Gasteiger partial charge on any atom is 0.251 e. The number of aliphatic hydroxyl groups excluding tert-OH is 1. The van der Waals surface area contributed by atoms with Gasteiger partial charge in [-0.1, -0.05) is 13.3 Å². The number of amides is 1. The Balaban J connectivity index is 2.71. The molecule has 0 fully saturated rings. The van der Waals surface area contributed by atoms with Crippen LogP contribution in [0.25, 0.3) is 0 Å². The largest absolute Gasteiger partial charge is 0.497 e. The average molecular weight is 281 g/mol. The molecule has 5 heteroatoms. The van der Waals surface area contributed by atoms with Crippen LogP contribution in [0.1, 0.15) is 30.1 Å². The van der Waals surface area contributed by atoms with Crippen molar-refractivity contribution in [3.63, 3.8) is 0 Å². The molecule has 0 saturated heterocycles. The fourth-order valence-corrected chi connectivity index (χ4v) is 1.91. The number of ether oxygens (including phenoxy) is 2. The number of benzene rings is 1. The van der Waals surface area contributed by atoms with Gasteiger partial charge in [-0.25, -0.2) is 0 Å². The molecule has 0 radical (unpaired) electrons. The predicted molar refractivity (Wildman–Crippen MR) is 77.4 cm³/mol. The zero-order valence-electron chi connectivity index (χ0n) is 12.3. The van der Waals surface area contributed by atoms with E-state index in [-0.39, 0.29) is 18.4 Å². The Morgan fingerprint density at radius 1 is 1.25 bits per heavy atom. The lowest BCUT2D eigenvalue weighted by atomic mass is 10.0. The van der Waals surface area contributed by atoms with Crippen LogP contribution in [0.2, 0.25) is 0 Å². The zero-order chi connectivity index (χ0) is 15.0. The molecule has 0 spiro atoms. The third kappa shape index (κ3) is 4.74. The van der Waals surface area contributed by atoms with E-state index in [4.69, 9.17) is 14.6 Å². The Morgan fingerprint density at radius 3 is 2.30 bits per heavy atom. The quantitative estimate of drug-likeness (QED) is 0.763. The van der Waals surface area contributed by atoms with Crippen molar-refractivity contribution < 1.29 is 19.4 Å². The molecular formula is C15H23NO4. The lowest BCUT2D eigenvalue weighted by Gasteiger charge is -2.15. The van der Waals surface area contributed by atoms with E-state index in [1.54, 1.807) is 32.4 Å². The van der Waals surface area contributed by atoms with Crippen LogP contribution >= 0.6 is 0 Å². The summed E-state index contributed by atoms with van der Waals surface area (Å²) in [5.41, 5.74) is 0.500. The minimum absolute atomic E-state index is 0.140. The first-order chi connectivity index (χ1) is 9.64. The van der Waals surface area contributed by atoms with Gasteiger partial charge in [0.1, 0.15) is 11.5 Å². The molecule has 1 aromatic rings. The van der Waals surface area contributed by atoms with Crippen LogP contribution in [-0.4, -0.2) is 38.4 Å². The van der Waals surface area contributed by atoms with Crippen LogP contribution in [0.4, 0.5) is 0 Å². The molecule has 0 saturated carbocycles. The molecule has 1 unspecified atom stereocenters. The molecule has 0 aliphatic heterocycles. The molecule has 0 aromatic heterocycles. The molecule has 0 aliphatic rings. The van der Waals surface area contributed by atoms with Crippen molar-refractivity contribution >= 4 is 5.91 Å². The van der Waals surface area contributed by atoms with Crippen molar-refractivity contribution in [3.8, 4) is 11.5 Å². The summed E-state index contributed by atoms with van der Waals surface area (Å²) in [5.74, 6) is 1.28. The smallest absolute Gasteiger partial charge is 0.251 e. The molecule has 0 aliphatic carbocycles. The van der Waals surface area contributed by atoms with Crippen molar-refractivity contribution in [2.24, 2.45) is 5.92 Å². The van der Waals surface area contributed by atoms with E-state index in [1.165, 1.54) is 0 Å². The maximum atomic E-state index is 12.1. The number of hydrogen-bond acceptors (Lipinski definition) is 4. The van der Waals surface area contributed by atoms with Crippen molar-refractivity contribution in [2.75, 3.05) is 27.4 Å². The SMILES string of the molecule is CCC(CCO)CNC(=O)c1cc(OC)cc(OC)c1. The van der Waals surface area contributed by atoms with Gasteiger partial charge in [-0.3, -0.25) is 4.79 Å². The monoisotopic (exact) mass is 281 g/mol. The van der Waals surface area contributed by atoms with Crippen LogP contribution < -0.4 is 14.8 Å². The second kappa shape index (κ2) is 8.43. The van der Waals surface area contributed by atoms with Gasteiger partial charge in [-0.15, -0.1) is 0 Å². The highest BCUT2D eigenvalue weighted by molar-refractivity contribution is 5.95. The van der Waals surface area contributed by atoms with Crippen LogP contribution in [0, 0.1) is 5.92 Å². The lowest BCUT2D eigenvalue weighted by molar-refractivity contribution is 0.0943. The number of carbonyl (C=O) groups excluding carboxylic acids is 1. The van der Waals surface area contributed by atoms with E-state index in [0.29, 0.717) is 30.0 Å². The summed E-state index contributed by atoms with van der Waals surface area (Å²) in [6.07, 6.45) is 1.61. The molecule has 1 rings (SSSR count). The number of rotatable bonds is 8. The normalized spacial score (nSPS) is 11.8. The predicted octanol–water partition coefficient (Wildman–Crippen LogP) is 1.84. The van der Waals surface area contributed by atoms with Crippen molar-refractivity contribution in [1.82, 2.24) is 5.32 Å². The van der Waals surface area contributed by atoms with Gasteiger partial charge in [0, 0.05) is 24.8 Å². The van der Waals surface area contributed by atoms with Gasteiger partial charge in [0.05, 0.1) is 14.2 Å². The lowest BCUT2D eigenvalue weighted by Crippen LogP contribution is -2.29. The summed E-state index contributed by atoms with van der Waals surface area (Å²) in [7, 11) is 3.09. The molecule has 1 aromatic carbocycles. The van der Waals surface area contributed by atoms with Crippen LogP contribution in [0.3, 0.4) is 0 Å². The molecule has 1 amide bonds. The van der Waals surface area contributed by atoms with Crippen molar-refractivity contribution in [2.45, 2.75) is 19.8 Å². The first-order valence-electron chi connectivity index (χ1n) is 6.76. The highest BCUT2D eigenvalue weighted by Crippen LogP contribution is 2.22. The average Bonchev–Trinajstić information content (AvgIpc) is 2.50. The van der Waals surface area contributed by atoms with E-state index < -0.39 is 0 Å². The van der Waals surface area contributed by atoms with E-state index in [1.807, 2.05) is 6.92 Å². The molecule has 20 heavy (non-hydrogen) atoms. The summed E-state index contributed by atoms with van der Waals surface area (Å²) < 4.78 is 10.3. The Labute approximate surface area is 119 Å². The van der Waals surface area contributed by atoms with Crippen LogP contribution in [-0.2, 0) is 0 Å². The van der Waals surface area contributed by atoms with Gasteiger partial charge < -0.3 is 19.9 Å². The van der Waals surface area contributed by atoms with Gasteiger partial charge in [0.15, 0.2) is 0 Å². The third-order valence-corrected chi connectivity index (χ3v) is 3.28. The summed E-state index contributed by atoms with van der Waals surface area (Å²) in [6.45, 7) is 2.73. The van der Waals surface area contributed by atoms with E-state index in [9.17, 15) is 4.79 Å². The summed E-state index contributed by atoms with van der Waals surface area (Å²) in [5, 5.41) is 11.8. The van der Waals surface area contributed by atoms with E-state index in [2.05, 4.69) is 5.32 Å². The first kappa shape index (κ1) is 16.3. The van der Waals surface area contributed by atoms with Gasteiger partial charge >= 0.3 is 0 Å². The van der Waals surface area contributed by atoms with Crippen LogP contribution in [0.5, 0.6) is 11.5 Å². The van der Waals surface area contributed by atoms with Gasteiger partial charge in [-0.05, 0) is 24.5 Å². The second-order valence-corrected chi connectivity index (χ2v) is 4.60. The number of aliphatic hydroxyl groups is 1. The van der Waals surface area contributed by atoms with Crippen LogP contribution in [0.15, 0.2) is 18.2 Å². The van der Waals surface area contributed by atoms with E-state index >= 15 is 0 Å². The Morgan fingerprint density at radius 2 is 1.85 bits per heavy atom. The fraction of sp³-hybridized carbons (Fsp3) is 0.533. The minimum Gasteiger partial charge on any atom is -0.497 e. The first-order valence-corrected chi connectivity index (χ1v) is 6.76. The molecule has 2 N–H and O–H groups in total. The molecule has 112 valence electrons. The molecule has 0 heterocycles. The zero-order valence-corrected chi connectivity index (χ0v) is 12.3. The molecule has 0 bridgehead atoms. The third-order valence-electron chi connectivity index (χ3n) is 3.28. The molecule has 5 nitrogen and oxygen atoms in total. The van der Waals surface area contributed by atoms with Crippen molar-refractivity contribution in [3.05, 3.63) is 23.8 Å². The highest BCUT2D eigenvalue weighted by atomic mass is 16.5. The Bertz CT molecular complexity index is 412. The Kier molecular flexibility index (Phi) is 6.87. The summed E-state index contributed by atoms with van der Waals surface area (Å²) >= 11 is 0. The summed E-state index contributed by atoms with van der Waals surface area (Å²) in [4.78, 5) is 12.1. The molecule has 1 atom stereocenters.